The van der Waals surface area contributed by atoms with Crippen LogP contribution in [-0.4, -0.2) is 11.1 Å². The van der Waals surface area contributed by atoms with Crippen LogP contribution in [0.15, 0.2) is 36.4 Å². The van der Waals surface area contributed by atoms with E-state index in [1.165, 1.54) is 12.1 Å². The van der Waals surface area contributed by atoms with Crippen LogP contribution in [0.5, 0.6) is 0 Å². The first-order valence-electron chi connectivity index (χ1n) is 5.91. The lowest BCUT2D eigenvalue weighted by Crippen LogP contribution is -2.14. The number of carbonyl (C=O) groups is 1. The maximum absolute atomic E-state index is 12.7. The molecule has 1 aromatic carbocycles. The van der Waals surface area contributed by atoms with Gasteiger partial charge in [0.2, 0.25) is 0 Å². The van der Waals surface area contributed by atoms with E-state index in [1.807, 2.05) is 0 Å². The highest BCUT2D eigenvalue weighted by molar-refractivity contribution is 7.16. The van der Waals surface area contributed by atoms with Crippen molar-refractivity contribution in [3.05, 3.63) is 56.7 Å². The third-order valence-corrected chi connectivity index (χ3v) is 4.27. The highest BCUT2D eigenvalue weighted by Gasteiger charge is 2.31. The molecule has 0 fully saturated rings. The number of carboxylic acid groups (broad SMARTS) is 1. The van der Waals surface area contributed by atoms with E-state index in [-0.39, 0.29) is 6.42 Å². The first-order valence-corrected chi connectivity index (χ1v) is 7.11. The smallest absolute Gasteiger partial charge is 0.416 e. The molecular weight excluding hydrogens is 325 g/mol. The monoisotopic (exact) mass is 334 g/mol. The lowest BCUT2D eigenvalue weighted by Gasteiger charge is -2.12. The van der Waals surface area contributed by atoms with Crippen molar-refractivity contribution < 1.29 is 23.1 Å². The van der Waals surface area contributed by atoms with Gasteiger partial charge in [-0.25, -0.2) is 0 Å². The van der Waals surface area contributed by atoms with E-state index in [0.29, 0.717) is 14.8 Å². The molecule has 112 valence electrons. The quantitative estimate of drug-likeness (QED) is 0.869. The Bertz CT molecular complexity index is 652. The molecule has 1 aromatic heterocycles. The lowest BCUT2D eigenvalue weighted by atomic mass is 9.96. The van der Waals surface area contributed by atoms with Gasteiger partial charge in [0.25, 0.3) is 0 Å². The van der Waals surface area contributed by atoms with Crippen LogP contribution in [0.3, 0.4) is 0 Å². The van der Waals surface area contributed by atoms with Gasteiger partial charge in [0.15, 0.2) is 0 Å². The van der Waals surface area contributed by atoms with Crippen LogP contribution in [-0.2, 0) is 17.4 Å². The minimum Gasteiger partial charge on any atom is -0.481 e. The fraction of sp³-hybridized carbons (Fsp3) is 0.214. The van der Waals surface area contributed by atoms with Gasteiger partial charge in [-0.1, -0.05) is 29.8 Å². The van der Waals surface area contributed by atoms with Crippen LogP contribution in [0, 0.1) is 0 Å². The molecule has 2 rings (SSSR count). The van der Waals surface area contributed by atoms with Gasteiger partial charge in [-0.05, 0) is 30.2 Å². The molecule has 0 aliphatic rings. The molecule has 21 heavy (non-hydrogen) atoms. The number of hydrogen-bond acceptors (Lipinski definition) is 2. The van der Waals surface area contributed by atoms with Gasteiger partial charge in [-0.15, -0.1) is 11.3 Å². The summed E-state index contributed by atoms with van der Waals surface area (Å²) in [5.74, 6) is -2.00. The number of halogens is 4. The highest BCUT2D eigenvalue weighted by Crippen LogP contribution is 2.33. The van der Waals surface area contributed by atoms with Gasteiger partial charge in [0.05, 0.1) is 15.8 Å². The standard InChI is InChI=1S/C14H10ClF3O2S/c15-12-5-4-11(21-12)10(13(19)20)7-8-2-1-3-9(6-8)14(16,17)18/h1-6,10H,7H2,(H,19,20). The summed E-state index contributed by atoms with van der Waals surface area (Å²) in [6.45, 7) is 0. The van der Waals surface area contributed by atoms with Crippen molar-refractivity contribution in [1.82, 2.24) is 0 Å². The van der Waals surface area contributed by atoms with Crippen molar-refractivity contribution in [2.75, 3.05) is 0 Å². The molecule has 2 nitrogen and oxygen atoms in total. The number of benzene rings is 1. The Kier molecular flexibility index (Phi) is 4.58. The van der Waals surface area contributed by atoms with E-state index in [4.69, 9.17) is 11.6 Å². The third-order valence-electron chi connectivity index (χ3n) is 2.93. The van der Waals surface area contributed by atoms with Gasteiger partial charge in [-0.2, -0.15) is 13.2 Å². The topological polar surface area (TPSA) is 37.3 Å². The minimum atomic E-state index is -4.44. The molecular formula is C14H10ClF3O2S. The zero-order valence-electron chi connectivity index (χ0n) is 10.5. The largest absolute Gasteiger partial charge is 0.481 e. The van der Waals surface area contributed by atoms with E-state index in [0.717, 1.165) is 23.5 Å². The Labute approximate surface area is 127 Å². The minimum absolute atomic E-state index is 0.0178. The van der Waals surface area contributed by atoms with E-state index in [2.05, 4.69) is 0 Å². The number of carboxylic acids is 1. The summed E-state index contributed by atoms with van der Waals surface area (Å²) in [4.78, 5) is 11.9. The predicted molar refractivity (Wildman–Crippen MR) is 74.9 cm³/mol. The SMILES string of the molecule is O=C(O)C(Cc1cccc(C(F)(F)F)c1)c1ccc(Cl)s1. The Morgan fingerprint density at radius 1 is 1.29 bits per heavy atom. The number of rotatable bonds is 4. The van der Waals surface area contributed by atoms with E-state index < -0.39 is 23.6 Å². The Morgan fingerprint density at radius 3 is 2.52 bits per heavy atom. The van der Waals surface area contributed by atoms with Crippen molar-refractivity contribution in [2.24, 2.45) is 0 Å². The summed E-state index contributed by atoms with van der Waals surface area (Å²) >= 11 is 6.89. The molecule has 0 bridgehead atoms. The van der Waals surface area contributed by atoms with Gasteiger partial charge in [0.1, 0.15) is 0 Å². The van der Waals surface area contributed by atoms with E-state index in [1.54, 1.807) is 12.1 Å². The lowest BCUT2D eigenvalue weighted by molar-refractivity contribution is -0.138. The average molecular weight is 335 g/mol. The Balaban J connectivity index is 2.28. The zero-order valence-corrected chi connectivity index (χ0v) is 12.1. The highest BCUT2D eigenvalue weighted by atomic mass is 35.5. The molecule has 1 heterocycles. The van der Waals surface area contributed by atoms with E-state index in [9.17, 15) is 23.1 Å². The van der Waals surface area contributed by atoms with Crippen LogP contribution in [0.4, 0.5) is 13.2 Å². The van der Waals surface area contributed by atoms with Crippen LogP contribution in [0.25, 0.3) is 0 Å². The summed E-state index contributed by atoms with van der Waals surface area (Å²) in [7, 11) is 0. The van der Waals surface area contributed by atoms with Crippen molar-refractivity contribution in [3.8, 4) is 0 Å². The number of alkyl halides is 3. The van der Waals surface area contributed by atoms with Crippen LogP contribution in [0.1, 0.15) is 21.9 Å². The number of thiophene rings is 1. The first kappa shape index (κ1) is 15.9. The second-order valence-electron chi connectivity index (χ2n) is 4.43. The summed E-state index contributed by atoms with van der Waals surface area (Å²) in [6, 6.07) is 7.86. The summed E-state index contributed by atoms with van der Waals surface area (Å²) < 4.78 is 38.4. The third kappa shape index (κ3) is 3.98. The van der Waals surface area contributed by atoms with Gasteiger partial charge in [-0.3, -0.25) is 4.79 Å². The Morgan fingerprint density at radius 2 is 2.00 bits per heavy atom. The molecule has 0 aliphatic carbocycles. The molecule has 0 saturated heterocycles. The fourth-order valence-electron chi connectivity index (χ4n) is 1.94. The fourth-order valence-corrected chi connectivity index (χ4v) is 3.09. The molecule has 7 heteroatoms. The maximum Gasteiger partial charge on any atom is 0.416 e. The number of aliphatic carboxylic acids is 1. The summed E-state index contributed by atoms with van der Waals surface area (Å²) in [6.07, 6.45) is -4.46. The molecule has 1 unspecified atom stereocenters. The molecule has 0 aliphatic heterocycles. The molecule has 0 radical (unpaired) electrons. The first-order chi connectivity index (χ1) is 9.77. The number of hydrogen-bond donors (Lipinski definition) is 1. The van der Waals surface area contributed by atoms with E-state index >= 15 is 0 Å². The van der Waals surface area contributed by atoms with Crippen LogP contribution < -0.4 is 0 Å². The van der Waals surface area contributed by atoms with Crippen molar-refractivity contribution in [2.45, 2.75) is 18.5 Å². The normalized spacial score (nSPS) is 13.1. The molecule has 2 aromatic rings. The predicted octanol–water partition coefficient (Wildman–Crippen LogP) is 4.83. The molecule has 0 amide bonds. The van der Waals surface area contributed by atoms with Crippen LogP contribution >= 0.6 is 22.9 Å². The van der Waals surface area contributed by atoms with Crippen molar-refractivity contribution >= 4 is 28.9 Å². The molecule has 1 N–H and O–H groups in total. The molecule has 0 spiro atoms. The molecule has 1 atom stereocenters. The summed E-state index contributed by atoms with van der Waals surface area (Å²) in [5.41, 5.74) is -0.463. The van der Waals surface area contributed by atoms with Crippen molar-refractivity contribution in [1.29, 1.82) is 0 Å². The van der Waals surface area contributed by atoms with Crippen molar-refractivity contribution in [3.63, 3.8) is 0 Å². The summed E-state index contributed by atoms with van der Waals surface area (Å²) in [5, 5.41) is 9.27. The maximum atomic E-state index is 12.7. The van der Waals surface area contributed by atoms with Gasteiger partial charge < -0.3 is 5.11 Å². The second kappa shape index (κ2) is 6.07. The Hall–Kier alpha value is -1.53. The van der Waals surface area contributed by atoms with Gasteiger partial charge >= 0.3 is 12.1 Å². The average Bonchev–Trinajstić information content (AvgIpc) is 2.81. The second-order valence-corrected chi connectivity index (χ2v) is 6.18. The van der Waals surface area contributed by atoms with Gasteiger partial charge in [0, 0.05) is 4.88 Å². The van der Waals surface area contributed by atoms with Crippen LogP contribution in [0.2, 0.25) is 4.34 Å². The zero-order chi connectivity index (χ0) is 15.6. The molecule has 0 saturated carbocycles.